The Morgan fingerprint density at radius 2 is 1.67 bits per heavy atom. The second kappa shape index (κ2) is 5.51. The minimum atomic E-state index is -4.31. The fraction of sp³-hybridized carbons (Fsp3) is 0.353. The van der Waals surface area contributed by atoms with Crippen LogP contribution in [0.2, 0.25) is 0 Å². The molecule has 0 aliphatic rings. The monoisotopic (exact) mass is 293 g/mol. The molecule has 1 aromatic heterocycles. The van der Waals surface area contributed by atoms with Crippen LogP contribution in [0.3, 0.4) is 0 Å². The molecule has 0 saturated carbocycles. The fourth-order valence-corrected chi connectivity index (χ4v) is 2.11. The SMILES string of the molecule is CC(C)(C)c1ccnc(Cc2cccc(C(F)(F)F)c2)c1. The summed E-state index contributed by atoms with van der Waals surface area (Å²) in [5, 5.41) is 0. The quantitative estimate of drug-likeness (QED) is 0.760. The van der Waals surface area contributed by atoms with E-state index in [0.29, 0.717) is 12.0 Å². The molecule has 0 radical (unpaired) electrons. The highest BCUT2D eigenvalue weighted by Crippen LogP contribution is 2.30. The lowest BCUT2D eigenvalue weighted by molar-refractivity contribution is -0.137. The van der Waals surface area contributed by atoms with Gasteiger partial charge in [-0.25, -0.2) is 0 Å². The molecule has 1 aromatic carbocycles. The van der Waals surface area contributed by atoms with Crippen molar-refractivity contribution in [2.45, 2.75) is 38.8 Å². The Morgan fingerprint density at radius 3 is 2.29 bits per heavy atom. The predicted octanol–water partition coefficient (Wildman–Crippen LogP) is 4.99. The van der Waals surface area contributed by atoms with Crippen LogP contribution in [0.25, 0.3) is 0 Å². The third-order valence-electron chi connectivity index (χ3n) is 3.32. The lowest BCUT2D eigenvalue weighted by atomic mass is 9.87. The van der Waals surface area contributed by atoms with Crippen LogP contribution in [-0.2, 0) is 18.0 Å². The van der Waals surface area contributed by atoms with Crippen molar-refractivity contribution in [3.8, 4) is 0 Å². The van der Waals surface area contributed by atoms with E-state index < -0.39 is 11.7 Å². The van der Waals surface area contributed by atoms with E-state index in [9.17, 15) is 13.2 Å². The van der Waals surface area contributed by atoms with Gasteiger partial charge in [-0.15, -0.1) is 0 Å². The number of hydrogen-bond acceptors (Lipinski definition) is 1. The van der Waals surface area contributed by atoms with Crippen molar-refractivity contribution < 1.29 is 13.2 Å². The lowest BCUT2D eigenvalue weighted by Gasteiger charge is -2.19. The van der Waals surface area contributed by atoms with Gasteiger partial charge < -0.3 is 0 Å². The molecule has 0 spiro atoms. The van der Waals surface area contributed by atoms with Gasteiger partial charge >= 0.3 is 6.18 Å². The van der Waals surface area contributed by atoms with Crippen LogP contribution < -0.4 is 0 Å². The van der Waals surface area contributed by atoms with E-state index in [-0.39, 0.29) is 5.41 Å². The summed E-state index contributed by atoms with van der Waals surface area (Å²) in [6, 6.07) is 9.30. The topological polar surface area (TPSA) is 12.9 Å². The molecule has 1 nitrogen and oxygen atoms in total. The largest absolute Gasteiger partial charge is 0.416 e. The van der Waals surface area contributed by atoms with E-state index >= 15 is 0 Å². The van der Waals surface area contributed by atoms with Crippen LogP contribution in [0.1, 0.15) is 43.2 Å². The molecule has 112 valence electrons. The van der Waals surface area contributed by atoms with Crippen LogP contribution in [0.5, 0.6) is 0 Å². The first-order valence-electron chi connectivity index (χ1n) is 6.78. The fourth-order valence-electron chi connectivity index (χ4n) is 2.11. The zero-order valence-electron chi connectivity index (χ0n) is 12.3. The van der Waals surface area contributed by atoms with Crippen molar-refractivity contribution in [1.29, 1.82) is 0 Å². The zero-order chi connectivity index (χ0) is 15.7. The number of benzene rings is 1. The van der Waals surface area contributed by atoms with E-state index in [0.717, 1.165) is 17.3 Å². The van der Waals surface area contributed by atoms with Gasteiger partial charge in [-0.2, -0.15) is 13.2 Å². The van der Waals surface area contributed by atoms with Gasteiger partial charge in [0.1, 0.15) is 0 Å². The summed E-state index contributed by atoms with van der Waals surface area (Å²) in [5.74, 6) is 0. The molecule has 0 fully saturated rings. The third-order valence-corrected chi connectivity index (χ3v) is 3.32. The van der Waals surface area contributed by atoms with Crippen molar-refractivity contribution in [1.82, 2.24) is 4.98 Å². The number of nitrogens with zero attached hydrogens (tertiary/aromatic N) is 1. The van der Waals surface area contributed by atoms with E-state index in [2.05, 4.69) is 25.8 Å². The normalized spacial score (nSPS) is 12.5. The second-order valence-electron chi connectivity index (χ2n) is 6.16. The maximum atomic E-state index is 12.7. The highest BCUT2D eigenvalue weighted by molar-refractivity contribution is 5.31. The smallest absolute Gasteiger partial charge is 0.261 e. The molecule has 0 atom stereocenters. The minimum Gasteiger partial charge on any atom is -0.261 e. The second-order valence-corrected chi connectivity index (χ2v) is 6.16. The summed E-state index contributed by atoms with van der Waals surface area (Å²) in [6.45, 7) is 6.28. The number of aromatic nitrogens is 1. The summed E-state index contributed by atoms with van der Waals surface area (Å²) in [4.78, 5) is 4.26. The number of alkyl halides is 3. The Kier molecular flexibility index (Phi) is 4.08. The van der Waals surface area contributed by atoms with Crippen molar-refractivity contribution in [2.24, 2.45) is 0 Å². The molecule has 0 N–H and O–H groups in total. The molecule has 1 heterocycles. The van der Waals surface area contributed by atoms with Gasteiger partial charge in [0.25, 0.3) is 0 Å². The molecular formula is C17H18F3N. The molecule has 2 rings (SSSR count). The first-order chi connectivity index (χ1) is 9.66. The highest BCUT2D eigenvalue weighted by Gasteiger charge is 2.30. The van der Waals surface area contributed by atoms with Crippen LogP contribution in [-0.4, -0.2) is 4.98 Å². The average Bonchev–Trinajstić information content (AvgIpc) is 2.37. The average molecular weight is 293 g/mol. The van der Waals surface area contributed by atoms with Gasteiger partial charge in [-0.1, -0.05) is 39.0 Å². The molecule has 2 aromatic rings. The standard InChI is InChI=1S/C17H18F3N/c1-16(2,3)13-7-8-21-15(11-13)10-12-5-4-6-14(9-12)17(18,19)20/h4-9,11H,10H2,1-3H3. The molecule has 0 unspecified atom stereocenters. The van der Waals surface area contributed by atoms with Gasteiger partial charge in [0.05, 0.1) is 5.56 Å². The van der Waals surface area contributed by atoms with Gasteiger partial charge in [0.2, 0.25) is 0 Å². The third kappa shape index (κ3) is 4.06. The summed E-state index contributed by atoms with van der Waals surface area (Å²) in [6.07, 6.45) is -2.20. The number of hydrogen-bond donors (Lipinski definition) is 0. The summed E-state index contributed by atoms with van der Waals surface area (Å²) < 4.78 is 38.1. The minimum absolute atomic E-state index is 0.00842. The molecule has 0 saturated heterocycles. The van der Waals surface area contributed by atoms with Gasteiger partial charge in [0.15, 0.2) is 0 Å². The van der Waals surface area contributed by atoms with Crippen molar-refractivity contribution >= 4 is 0 Å². The van der Waals surface area contributed by atoms with E-state index in [1.54, 1.807) is 12.3 Å². The molecule has 0 aliphatic heterocycles. The predicted molar refractivity (Wildman–Crippen MR) is 77.2 cm³/mol. The summed E-state index contributed by atoms with van der Waals surface area (Å²) >= 11 is 0. The molecule has 21 heavy (non-hydrogen) atoms. The van der Waals surface area contributed by atoms with Crippen LogP contribution >= 0.6 is 0 Å². The molecule has 4 heteroatoms. The Hall–Kier alpha value is -1.84. The van der Waals surface area contributed by atoms with Gasteiger partial charge in [-0.05, 0) is 34.7 Å². The van der Waals surface area contributed by atoms with Gasteiger partial charge in [-0.3, -0.25) is 4.98 Å². The highest BCUT2D eigenvalue weighted by atomic mass is 19.4. The van der Waals surface area contributed by atoms with Crippen LogP contribution in [0.4, 0.5) is 13.2 Å². The van der Waals surface area contributed by atoms with Crippen molar-refractivity contribution in [3.63, 3.8) is 0 Å². The maximum Gasteiger partial charge on any atom is 0.416 e. The molecule has 0 bridgehead atoms. The van der Waals surface area contributed by atoms with E-state index in [1.165, 1.54) is 12.1 Å². The Bertz CT molecular complexity index is 569. The number of pyridine rings is 1. The zero-order valence-corrected chi connectivity index (χ0v) is 12.3. The Labute approximate surface area is 122 Å². The molecule has 0 aliphatic carbocycles. The first-order valence-corrected chi connectivity index (χ1v) is 6.78. The van der Waals surface area contributed by atoms with E-state index in [1.807, 2.05) is 12.1 Å². The van der Waals surface area contributed by atoms with Crippen LogP contribution in [0.15, 0.2) is 42.6 Å². The van der Waals surface area contributed by atoms with E-state index in [4.69, 9.17) is 0 Å². The number of rotatable bonds is 2. The summed E-state index contributed by atoms with van der Waals surface area (Å²) in [5.41, 5.74) is 1.89. The van der Waals surface area contributed by atoms with Crippen molar-refractivity contribution in [2.75, 3.05) is 0 Å². The molecular weight excluding hydrogens is 275 g/mol. The first kappa shape index (κ1) is 15.5. The Morgan fingerprint density at radius 1 is 0.952 bits per heavy atom. The maximum absolute atomic E-state index is 12.7. The van der Waals surface area contributed by atoms with Crippen LogP contribution in [0, 0.1) is 0 Å². The number of halogens is 3. The Balaban J connectivity index is 2.27. The summed E-state index contributed by atoms with van der Waals surface area (Å²) in [7, 11) is 0. The van der Waals surface area contributed by atoms with Gasteiger partial charge in [0, 0.05) is 18.3 Å². The van der Waals surface area contributed by atoms with Crippen molar-refractivity contribution in [3.05, 3.63) is 65.0 Å². The molecule has 0 amide bonds. The lowest BCUT2D eigenvalue weighted by Crippen LogP contribution is -2.12.